The maximum atomic E-state index is 12.6. The first-order valence-corrected chi connectivity index (χ1v) is 13.0. The first-order chi connectivity index (χ1) is 18.2. The minimum atomic E-state index is 0.146. The number of ketones is 2. The van der Waals surface area contributed by atoms with E-state index in [4.69, 9.17) is 14.2 Å². The summed E-state index contributed by atoms with van der Waals surface area (Å²) in [5.74, 6) is 0.292. The number of hydrogen-bond acceptors (Lipinski definition) is 5. The van der Waals surface area contributed by atoms with Crippen molar-refractivity contribution in [1.82, 2.24) is 0 Å². The Kier molecular flexibility index (Phi) is 10.4. The van der Waals surface area contributed by atoms with E-state index in [0.717, 1.165) is 32.7 Å². The lowest BCUT2D eigenvalue weighted by Gasteiger charge is -2.08. The van der Waals surface area contributed by atoms with E-state index < -0.39 is 0 Å². The van der Waals surface area contributed by atoms with Gasteiger partial charge in [0, 0.05) is 37.2 Å². The summed E-state index contributed by atoms with van der Waals surface area (Å²) in [4.78, 5) is 25.2. The molecule has 5 heteroatoms. The third-order valence-electron chi connectivity index (χ3n) is 6.31. The number of Topliss-reactive ketones (excluding diaryl/α,β-unsaturated/α-hetero) is 2. The van der Waals surface area contributed by atoms with E-state index in [2.05, 4.69) is 0 Å². The van der Waals surface area contributed by atoms with Crippen molar-refractivity contribution in [3.63, 3.8) is 0 Å². The predicted octanol–water partition coefficient (Wildman–Crippen LogP) is 6.67. The Morgan fingerprint density at radius 3 is 1.30 bits per heavy atom. The van der Waals surface area contributed by atoms with Gasteiger partial charge in [0.2, 0.25) is 0 Å². The standard InChI is InChI=1S/C32H34O5/c33-31(29-15-5-11-25-9-1-3-13-27(25)29)17-7-19-35-21-23-37-24-22-36-20-8-18-32(34)30-16-6-12-26-10-2-4-14-28(26)30/h1-6,9-16H,7-8,17-24H2. The van der Waals surface area contributed by atoms with Crippen molar-refractivity contribution in [2.24, 2.45) is 0 Å². The second-order valence-electron chi connectivity index (χ2n) is 8.94. The Morgan fingerprint density at radius 2 is 0.838 bits per heavy atom. The summed E-state index contributed by atoms with van der Waals surface area (Å²) < 4.78 is 16.7. The largest absolute Gasteiger partial charge is 0.379 e. The molecule has 4 aromatic carbocycles. The van der Waals surface area contributed by atoms with Gasteiger partial charge >= 0.3 is 0 Å². The van der Waals surface area contributed by atoms with E-state index in [1.165, 1.54) is 0 Å². The molecular weight excluding hydrogens is 464 g/mol. The molecule has 0 aromatic heterocycles. The lowest BCUT2D eigenvalue weighted by molar-refractivity contribution is 0.0134. The highest BCUT2D eigenvalue weighted by molar-refractivity contribution is 6.08. The van der Waals surface area contributed by atoms with Crippen molar-refractivity contribution in [2.75, 3.05) is 39.6 Å². The average molecular weight is 499 g/mol. The quantitative estimate of drug-likeness (QED) is 0.128. The fourth-order valence-corrected chi connectivity index (χ4v) is 4.42. The maximum absolute atomic E-state index is 12.6. The van der Waals surface area contributed by atoms with Crippen LogP contribution in [0.5, 0.6) is 0 Å². The molecule has 0 N–H and O–H groups in total. The second kappa shape index (κ2) is 14.4. The van der Waals surface area contributed by atoms with Gasteiger partial charge in [-0.25, -0.2) is 0 Å². The van der Waals surface area contributed by atoms with Gasteiger partial charge in [0.1, 0.15) is 0 Å². The van der Waals surface area contributed by atoms with Crippen molar-refractivity contribution < 1.29 is 23.8 Å². The van der Waals surface area contributed by atoms with Crippen molar-refractivity contribution in [3.8, 4) is 0 Å². The zero-order chi connectivity index (χ0) is 25.7. The van der Waals surface area contributed by atoms with E-state index in [0.29, 0.717) is 65.3 Å². The van der Waals surface area contributed by atoms with E-state index in [9.17, 15) is 9.59 Å². The molecular formula is C32H34O5. The SMILES string of the molecule is O=C(CCCOCCOCCOCCCC(=O)c1cccc2ccccc12)c1cccc2ccccc12. The second-order valence-corrected chi connectivity index (χ2v) is 8.94. The van der Waals surface area contributed by atoms with Gasteiger partial charge in [-0.05, 0) is 34.4 Å². The van der Waals surface area contributed by atoms with Gasteiger partial charge in [-0.3, -0.25) is 9.59 Å². The van der Waals surface area contributed by atoms with Crippen LogP contribution in [0.2, 0.25) is 0 Å². The van der Waals surface area contributed by atoms with Crippen LogP contribution >= 0.6 is 0 Å². The van der Waals surface area contributed by atoms with Crippen LogP contribution in [-0.4, -0.2) is 51.2 Å². The molecule has 0 amide bonds. The van der Waals surface area contributed by atoms with Gasteiger partial charge in [0.05, 0.1) is 26.4 Å². The molecule has 0 atom stereocenters. The molecule has 0 saturated heterocycles. The van der Waals surface area contributed by atoms with Gasteiger partial charge in [-0.2, -0.15) is 0 Å². The average Bonchev–Trinajstić information content (AvgIpc) is 2.94. The molecule has 0 spiro atoms. The minimum absolute atomic E-state index is 0.146. The van der Waals surface area contributed by atoms with E-state index >= 15 is 0 Å². The number of rotatable bonds is 16. The van der Waals surface area contributed by atoms with Gasteiger partial charge in [-0.1, -0.05) is 84.9 Å². The molecule has 0 bridgehead atoms. The van der Waals surface area contributed by atoms with E-state index in [1.807, 2.05) is 84.9 Å². The fourth-order valence-electron chi connectivity index (χ4n) is 4.42. The van der Waals surface area contributed by atoms with Crippen molar-refractivity contribution >= 4 is 33.1 Å². The number of benzene rings is 4. The Hall–Kier alpha value is -3.38. The third kappa shape index (κ3) is 7.80. The molecule has 0 heterocycles. The van der Waals surface area contributed by atoms with Crippen LogP contribution in [0, 0.1) is 0 Å². The monoisotopic (exact) mass is 498 g/mol. The molecule has 192 valence electrons. The summed E-state index contributed by atoms with van der Waals surface area (Å²) in [6.07, 6.45) is 2.29. The van der Waals surface area contributed by atoms with E-state index in [1.54, 1.807) is 0 Å². The van der Waals surface area contributed by atoms with Gasteiger partial charge in [0.25, 0.3) is 0 Å². The minimum Gasteiger partial charge on any atom is -0.379 e. The Labute approximate surface area is 218 Å². The molecule has 0 fully saturated rings. The van der Waals surface area contributed by atoms with Crippen LogP contribution in [0.3, 0.4) is 0 Å². The Bertz CT molecular complexity index is 1200. The van der Waals surface area contributed by atoms with Gasteiger partial charge in [0.15, 0.2) is 11.6 Å². The number of hydrogen-bond donors (Lipinski definition) is 0. The third-order valence-corrected chi connectivity index (χ3v) is 6.31. The van der Waals surface area contributed by atoms with Crippen LogP contribution in [-0.2, 0) is 14.2 Å². The molecule has 0 saturated carbocycles. The highest BCUT2D eigenvalue weighted by atomic mass is 16.5. The molecule has 0 aliphatic heterocycles. The molecule has 5 nitrogen and oxygen atoms in total. The smallest absolute Gasteiger partial charge is 0.163 e. The number of carbonyl (C=O) groups excluding carboxylic acids is 2. The van der Waals surface area contributed by atoms with Crippen molar-refractivity contribution in [2.45, 2.75) is 25.7 Å². The predicted molar refractivity (Wildman–Crippen MR) is 147 cm³/mol. The summed E-state index contributed by atoms with van der Waals surface area (Å²) in [6, 6.07) is 27.6. The van der Waals surface area contributed by atoms with E-state index in [-0.39, 0.29) is 11.6 Å². The summed E-state index contributed by atoms with van der Waals surface area (Å²) >= 11 is 0. The molecule has 0 unspecified atom stereocenters. The number of carbonyl (C=O) groups is 2. The van der Waals surface area contributed by atoms with Gasteiger partial charge < -0.3 is 14.2 Å². The number of fused-ring (bicyclic) bond motifs is 2. The highest BCUT2D eigenvalue weighted by Crippen LogP contribution is 2.21. The summed E-state index contributed by atoms with van der Waals surface area (Å²) in [6.45, 7) is 3.01. The first-order valence-electron chi connectivity index (χ1n) is 13.0. The Morgan fingerprint density at radius 1 is 0.459 bits per heavy atom. The highest BCUT2D eigenvalue weighted by Gasteiger charge is 2.10. The lowest BCUT2D eigenvalue weighted by Crippen LogP contribution is -2.11. The Balaban J connectivity index is 0.996. The molecule has 0 aliphatic rings. The number of ether oxygens (including phenoxy) is 3. The van der Waals surface area contributed by atoms with Gasteiger partial charge in [-0.15, -0.1) is 0 Å². The zero-order valence-electron chi connectivity index (χ0n) is 21.2. The topological polar surface area (TPSA) is 61.8 Å². The van der Waals surface area contributed by atoms with Crippen LogP contribution < -0.4 is 0 Å². The first kappa shape index (κ1) is 26.7. The molecule has 0 aliphatic carbocycles. The van der Waals surface area contributed by atoms with Crippen LogP contribution in [0.4, 0.5) is 0 Å². The normalized spacial score (nSPS) is 11.2. The summed E-state index contributed by atoms with van der Waals surface area (Å²) in [5, 5.41) is 4.17. The molecule has 4 rings (SSSR count). The molecule has 37 heavy (non-hydrogen) atoms. The lowest BCUT2D eigenvalue weighted by atomic mass is 9.99. The van der Waals surface area contributed by atoms with Crippen molar-refractivity contribution in [1.29, 1.82) is 0 Å². The van der Waals surface area contributed by atoms with Crippen molar-refractivity contribution in [3.05, 3.63) is 96.1 Å². The summed E-state index contributed by atoms with van der Waals surface area (Å²) in [5.41, 5.74) is 1.55. The fraction of sp³-hybridized carbons (Fsp3) is 0.312. The van der Waals surface area contributed by atoms with Crippen LogP contribution in [0.25, 0.3) is 21.5 Å². The zero-order valence-corrected chi connectivity index (χ0v) is 21.2. The maximum Gasteiger partial charge on any atom is 0.163 e. The van der Waals surface area contributed by atoms with Crippen LogP contribution in [0.15, 0.2) is 84.9 Å². The summed E-state index contributed by atoms with van der Waals surface area (Å²) in [7, 11) is 0. The molecule has 0 radical (unpaired) electrons. The molecule has 4 aromatic rings. The van der Waals surface area contributed by atoms with Crippen LogP contribution in [0.1, 0.15) is 46.4 Å².